The van der Waals surface area contributed by atoms with Crippen LogP contribution in [0.2, 0.25) is 0 Å². The van der Waals surface area contributed by atoms with E-state index in [9.17, 15) is 0 Å². The lowest BCUT2D eigenvalue weighted by Crippen LogP contribution is -2.35. The van der Waals surface area contributed by atoms with Crippen LogP contribution in [0.3, 0.4) is 0 Å². The number of aliphatic imine (C=N–C) groups is 1. The molecule has 0 radical (unpaired) electrons. The average molecular weight is 172 g/mol. The predicted molar refractivity (Wildman–Crippen MR) is 43.6 cm³/mol. The number of nitrogens with zero attached hydrogens (tertiary/aromatic N) is 1. The zero-order chi connectivity index (χ0) is 5.11. The fraction of sp³-hybridized carbons (Fsp3) is 0.750. The van der Waals surface area contributed by atoms with Gasteiger partial charge in [0.05, 0.1) is 0 Å². The summed E-state index contributed by atoms with van der Waals surface area (Å²) in [6.07, 6.45) is 1.11. The van der Waals surface area contributed by atoms with Crippen molar-refractivity contribution < 1.29 is 0 Å². The van der Waals surface area contributed by atoms with Crippen LogP contribution in [0.25, 0.3) is 0 Å². The van der Waals surface area contributed by atoms with Gasteiger partial charge < -0.3 is 11.1 Å². The Kier molecular flexibility index (Phi) is 7.72. The van der Waals surface area contributed by atoms with Crippen molar-refractivity contribution in [1.82, 2.24) is 5.32 Å². The molecule has 9 heavy (non-hydrogen) atoms. The van der Waals surface area contributed by atoms with Crippen molar-refractivity contribution in [2.24, 2.45) is 10.7 Å². The predicted octanol–water partition coefficient (Wildman–Crippen LogP) is 0.138. The number of nitrogens with one attached hydrogen (secondary N) is 1. The Morgan fingerprint density at radius 2 is 2.11 bits per heavy atom. The normalized spacial score (nSPS) is 15.8. The van der Waals surface area contributed by atoms with Gasteiger partial charge in [0.1, 0.15) is 0 Å². The maximum absolute atomic E-state index is 5.27. The van der Waals surface area contributed by atoms with Crippen LogP contribution in [0.5, 0.6) is 0 Å². The lowest BCUT2D eigenvalue weighted by Gasteiger charge is -2.08. The molecule has 0 bridgehead atoms. The van der Waals surface area contributed by atoms with E-state index in [1.807, 2.05) is 0 Å². The van der Waals surface area contributed by atoms with E-state index in [0.29, 0.717) is 5.96 Å². The highest BCUT2D eigenvalue weighted by atomic mass is 35.5. The summed E-state index contributed by atoms with van der Waals surface area (Å²) >= 11 is 0. The van der Waals surface area contributed by atoms with Gasteiger partial charge in [-0.05, 0) is 6.42 Å². The van der Waals surface area contributed by atoms with Crippen LogP contribution in [0.1, 0.15) is 6.42 Å². The Morgan fingerprint density at radius 3 is 2.33 bits per heavy atom. The zero-order valence-electron chi connectivity index (χ0n) is 4.96. The van der Waals surface area contributed by atoms with Crippen LogP contribution in [-0.2, 0) is 0 Å². The Bertz CT molecular complexity index is 93.8. The fourth-order valence-corrected chi connectivity index (χ4v) is 0.551. The van der Waals surface area contributed by atoms with Gasteiger partial charge in [0.2, 0.25) is 0 Å². The van der Waals surface area contributed by atoms with E-state index in [4.69, 9.17) is 5.73 Å². The van der Waals surface area contributed by atoms with Crippen molar-refractivity contribution in [2.75, 3.05) is 13.1 Å². The van der Waals surface area contributed by atoms with Crippen LogP contribution in [0.15, 0.2) is 4.99 Å². The molecule has 0 saturated carbocycles. The first-order chi connectivity index (χ1) is 3.39. The van der Waals surface area contributed by atoms with Gasteiger partial charge in [-0.3, -0.25) is 4.99 Å². The van der Waals surface area contributed by atoms with Crippen molar-refractivity contribution in [3.8, 4) is 0 Å². The van der Waals surface area contributed by atoms with Gasteiger partial charge in [-0.2, -0.15) is 0 Å². The van der Waals surface area contributed by atoms with E-state index in [-0.39, 0.29) is 24.8 Å². The summed E-state index contributed by atoms with van der Waals surface area (Å²) < 4.78 is 0. The fourth-order valence-electron chi connectivity index (χ4n) is 0.551. The Balaban J connectivity index is 0. The second-order valence-electron chi connectivity index (χ2n) is 1.55. The van der Waals surface area contributed by atoms with Crippen LogP contribution in [-0.4, -0.2) is 19.0 Å². The molecular formula is C4H11Cl2N3. The minimum Gasteiger partial charge on any atom is -0.370 e. The monoisotopic (exact) mass is 171 g/mol. The van der Waals surface area contributed by atoms with Gasteiger partial charge in [0, 0.05) is 13.1 Å². The highest BCUT2D eigenvalue weighted by Gasteiger charge is 1.94. The number of nitrogens with two attached hydrogens (primary N) is 1. The molecule has 3 nitrogen and oxygen atoms in total. The number of halogens is 2. The van der Waals surface area contributed by atoms with Crippen molar-refractivity contribution in [2.45, 2.75) is 6.42 Å². The van der Waals surface area contributed by atoms with Gasteiger partial charge in [-0.25, -0.2) is 0 Å². The quantitative estimate of drug-likeness (QED) is 0.545. The van der Waals surface area contributed by atoms with E-state index in [0.717, 1.165) is 19.5 Å². The Morgan fingerprint density at radius 1 is 1.44 bits per heavy atom. The lowest BCUT2D eigenvalue weighted by molar-refractivity contribution is 0.736. The molecule has 0 fully saturated rings. The van der Waals surface area contributed by atoms with Crippen molar-refractivity contribution in [1.29, 1.82) is 0 Å². The third kappa shape index (κ3) is 4.36. The molecule has 0 unspecified atom stereocenters. The number of hydrogen-bond acceptors (Lipinski definition) is 3. The maximum Gasteiger partial charge on any atom is 0.188 e. The van der Waals surface area contributed by atoms with Crippen molar-refractivity contribution in [3.05, 3.63) is 0 Å². The molecule has 0 amide bonds. The first kappa shape index (κ1) is 11.6. The molecule has 0 atom stereocenters. The minimum atomic E-state index is 0. The van der Waals surface area contributed by atoms with Crippen molar-refractivity contribution in [3.63, 3.8) is 0 Å². The largest absolute Gasteiger partial charge is 0.370 e. The molecule has 1 aliphatic heterocycles. The molecule has 0 aliphatic carbocycles. The first-order valence-corrected chi connectivity index (χ1v) is 2.43. The standard InChI is InChI=1S/C4H9N3.2ClH/c5-4-6-2-1-3-7-4;;/h1-3H2,(H3,5,6,7);2*1H. The second kappa shape index (κ2) is 5.98. The van der Waals surface area contributed by atoms with E-state index in [1.54, 1.807) is 0 Å². The van der Waals surface area contributed by atoms with Crippen molar-refractivity contribution >= 4 is 30.8 Å². The Hall–Kier alpha value is -0.150. The molecule has 1 rings (SSSR count). The zero-order valence-corrected chi connectivity index (χ0v) is 6.60. The summed E-state index contributed by atoms with van der Waals surface area (Å²) in [6, 6.07) is 0. The van der Waals surface area contributed by atoms with Crippen LogP contribution in [0, 0.1) is 0 Å². The summed E-state index contributed by atoms with van der Waals surface area (Å²) in [5.74, 6) is 0.589. The van der Waals surface area contributed by atoms with Gasteiger partial charge in [-0.1, -0.05) is 0 Å². The molecule has 0 aromatic rings. The summed E-state index contributed by atoms with van der Waals surface area (Å²) in [7, 11) is 0. The summed E-state index contributed by atoms with van der Waals surface area (Å²) in [5, 5.41) is 2.91. The Labute approximate surface area is 66.9 Å². The molecule has 1 heterocycles. The molecule has 1 aliphatic rings. The molecule has 0 aromatic heterocycles. The third-order valence-corrected chi connectivity index (χ3v) is 0.923. The minimum absolute atomic E-state index is 0. The number of hydrogen-bond donors (Lipinski definition) is 2. The summed E-state index contributed by atoms with van der Waals surface area (Å²) in [6.45, 7) is 1.87. The summed E-state index contributed by atoms with van der Waals surface area (Å²) in [5.41, 5.74) is 5.27. The molecule has 0 saturated heterocycles. The average Bonchev–Trinajstić information content (AvgIpc) is 1.69. The van der Waals surface area contributed by atoms with E-state index >= 15 is 0 Å². The molecule has 0 aromatic carbocycles. The third-order valence-electron chi connectivity index (χ3n) is 0.923. The smallest absolute Gasteiger partial charge is 0.188 e. The molecule has 0 spiro atoms. The van der Waals surface area contributed by atoms with Crippen LogP contribution in [0.4, 0.5) is 0 Å². The summed E-state index contributed by atoms with van der Waals surface area (Å²) in [4.78, 5) is 3.91. The first-order valence-electron chi connectivity index (χ1n) is 2.43. The second-order valence-corrected chi connectivity index (χ2v) is 1.55. The topological polar surface area (TPSA) is 50.4 Å². The maximum atomic E-state index is 5.27. The van der Waals surface area contributed by atoms with Gasteiger partial charge >= 0.3 is 0 Å². The molecule has 56 valence electrons. The van der Waals surface area contributed by atoms with E-state index < -0.39 is 0 Å². The number of rotatable bonds is 0. The highest BCUT2D eigenvalue weighted by molar-refractivity contribution is 5.85. The van der Waals surface area contributed by atoms with E-state index in [1.165, 1.54) is 0 Å². The molecule has 5 heteroatoms. The molecule has 3 N–H and O–H groups in total. The molecular weight excluding hydrogens is 161 g/mol. The van der Waals surface area contributed by atoms with E-state index in [2.05, 4.69) is 10.3 Å². The van der Waals surface area contributed by atoms with Gasteiger partial charge in [0.15, 0.2) is 5.96 Å². The lowest BCUT2D eigenvalue weighted by atomic mass is 10.4. The highest BCUT2D eigenvalue weighted by Crippen LogP contribution is 1.83. The van der Waals surface area contributed by atoms with Crippen LogP contribution >= 0.6 is 24.8 Å². The van der Waals surface area contributed by atoms with Crippen LogP contribution < -0.4 is 11.1 Å². The van der Waals surface area contributed by atoms with Gasteiger partial charge in [0.25, 0.3) is 0 Å². The van der Waals surface area contributed by atoms with Gasteiger partial charge in [-0.15, -0.1) is 24.8 Å². The number of guanidine groups is 1. The SMILES string of the molecule is Cl.Cl.NC1=NCCCN1.